The summed E-state index contributed by atoms with van der Waals surface area (Å²) in [4.78, 5) is 21.8. The fourth-order valence-corrected chi connectivity index (χ4v) is 4.84. The Morgan fingerprint density at radius 3 is 2.79 bits per heavy atom. The maximum absolute atomic E-state index is 12.5. The maximum Gasteiger partial charge on any atom is 0.238 e. The average Bonchev–Trinajstić information content (AvgIpc) is 3.23. The van der Waals surface area contributed by atoms with Crippen molar-refractivity contribution in [3.63, 3.8) is 0 Å². The zero-order valence-electron chi connectivity index (χ0n) is 19.3. The first-order chi connectivity index (χ1) is 16.1. The highest BCUT2D eigenvalue weighted by atomic mass is 16.5. The summed E-state index contributed by atoms with van der Waals surface area (Å²) in [7, 11) is 3.84. The van der Waals surface area contributed by atoms with Crippen LogP contribution in [-0.4, -0.2) is 67.6 Å². The van der Waals surface area contributed by atoms with Gasteiger partial charge in [0, 0.05) is 42.8 Å². The number of piperazine rings is 1. The number of aromatic nitrogens is 1. The van der Waals surface area contributed by atoms with Gasteiger partial charge in [0.15, 0.2) is 0 Å². The van der Waals surface area contributed by atoms with Crippen molar-refractivity contribution >= 4 is 28.3 Å². The van der Waals surface area contributed by atoms with Crippen LogP contribution < -0.4 is 15.4 Å². The van der Waals surface area contributed by atoms with Gasteiger partial charge < -0.3 is 20.3 Å². The molecule has 0 radical (unpaired) electrons. The van der Waals surface area contributed by atoms with E-state index in [4.69, 9.17) is 9.72 Å². The second-order valence-electron chi connectivity index (χ2n) is 9.00. The minimum absolute atomic E-state index is 0.0268. The molecular formula is C26H31N5O2. The highest BCUT2D eigenvalue weighted by Gasteiger charge is 2.26. The molecule has 2 aromatic carbocycles. The van der Waals surface area contributed by atoms with Crippen molar-refractivity contribution in [3.8, 4) is 5.75 Å². The predicted octanol–water partition coefficient (Wildman–Crippen LogP) is 3.53. The molecular weight excluding hydrogens is 414 g/mol. The molecule has 1 aliphatic carbocycles. The first kappa shape index (κ1) is 21.7. The van der Waals surface area contributed by atoms with Crippen molar-refractivity contribution in [1.29, 1.82) is 0 Å². The Labute approximate surface area is 194 Å². The molecule has 1 aliphatic heterocycles. The van der Waals surface area contributed by atoms with E-state index in [1.54, 1.807) is 7.11 Å². The van der Waals surface area contributed by atoms with E-state index >= 15 is 0 Å². The number of anilines is 2. The third-order valence-electron chi connectivity index (χ3n) is 6.69. The number of amides is 1. The molecule has 172 valence electrons. The summed E-state index contributed by atoms with van der Waals surface area (Å²) in [6.45, 7) is 4.30. The molecule has 2 aliphatic rings. The van der Waals surface area contributed by atoms with E-state index in [1.165, 1.54) is 11.1 Å². The molecule has 1 fully saturated rings. The first-order valence-corrected chi connectivity index (χ1v) is 11.6. The van der Waals surface area contributed by atoms with Gasteiger partial charge in [0.25, 0.3) is 0 Å². The quantitative estimate of drug-likeness (QED) is 0.605. The van der Waals surface area contributed by atoms with Crippen molar-refractivity contribution in [1.82, 2.24) is 14.8 Å². The lowest BCUT2D eigenvalue weighted by Crippen LogP contribution is -2.47. The molecule has 1 unspecified atom stereocenters. The van der Waals surface area contributed by atoms with Gasteiger partial charge in [0.2, 0.25) is 5.91 Å². The van der Waals surface area contributed by atoms with Crippen LogP contribution in [0.4, 0.5) is 11.5 Å². The lowest BCUT2D eigenvalue weighted by molar-refractivity contribution is -0.117. The topological polar surface area (TPSA) is 69.7 Å². The summed E-state index contributed by atoms with van der Waals surface area (Å²) in [5.74, 6) is 1.80. The number of methoxy groups -OCH3 is 1. The van der Waals surface area contributed by atoms with Crippen LogP contribution in [-0.2, 0) is 11.2 Å². The number of pyridine rings is 1. The minimum atomic E-state index is 0.0268. The lowest BCUT2D eigenvalue weighted by atomic mass is 10.1. The number of carbonyl (C=O) groups is 1. The van der Waals surface area contributed by atoms with E-state index in [1.807, 2.05) is 30.3 Å². The van der Waals surface area contributed by atoms with Crippen LogP contribution in [0.25, 0.3) is 10.9 Å². The smallest absolute Gasteiger partial charge is 0.238 e. The molecule has 1 aromatic heterocycles. The maximum atomic E-state index is 12.5. The van der Waals surface area contributed by atoms with Crippen molar-refractivity contribution in [2.45, 2.75) is 18.9 Å². The summed E-state index contributed by atoms with van der Waals surface area (Å²) in [5.41, 5.74) is 4.28. The SMILES string of the molecule is COc1cccc2c1C(Nc1ccc3cc(NC(=O)CN4CCN(C)CC4)ccc3n1)CC2. The molecule has 0 saturated carbocycles. The van der Waals surface area contributed by atoms with Crippen molar-refractivity contribution < 1.29 is 9.53 Å². The van der Waals surface area contributed by atoms with Crippen LogP contribution in [0.15, 0.2) is 48.5 Å². The molecule has 1 atom stereocenters. The Balaban J connectivity index is 1.25. The van der Waals surface area contributed by atoms with Gasteiger partial charge in [0.1, 0.15) is 11.6 Å². The second-order valence-corrected chi connectivity index (χ2v) is 9.00. The number of fused-ring (bicyclic) bond motifs is 2. The predicted molar refractivity (Wildman–Crippen MR) is 132 cm³/mol. The number of hydrogen-bond acceptors (Lipinski definition) is 6. The van der Waals surface area contributed by atoms with E-state index < -0.39 is 0 Å². The number of aryl methyl sites for hydroxylation is 1. The van der Waals surface area contributed by atoms with E-state index in [-0.39, 0.29) is 11.9 Å². The van der Waals surface area contributed by atoms with Crippen LogP contribution in [0.3, 0.4) is 0 Å². The Hall–Kier alpha value is -3.16. The van der Waals surface area contributed by atoms with Gasteiger partial charge in [-0.25, -0.2) is 4.98 Å². The molecule has 0 bridgehead atoms. The van der Waals surface area contributed by atoms with Gasteiger partial charge in [-0.3, -0.25) is 9.69 Å². The van der Waals surface area contributed by atoms with E-state index in [2.05, 4.69) is 45.7 Å². The summed E-state index contributed by atoms with van der Waals surface area (Å²) < 4.78 is 5.59. The Bertz CT molecular complexity index is 1160. The molecule has 5 rings (SSSR count). The highest BCUT2D eigenvalue weighted by molar-refractivity contribution is 5.95. The number of ether oxygens (including phenoxy) is 1. The van der Waals surface area contributed by atoms with Gasteiger partial charge in [-0.15, -0.1) is 0 Å². The second kappa shape index (κ2) is 9.37. The molecule has 0 spiro atoms. The zero-order valence-corrected chi connectivity index (χ0v) is 19.3. The van der Waals surface area contributed by atoms with Crippen LogP contribution in [0.5, 0.6) is 5.75 Å². The standard InChI is InChI=1S/C26H31N5O2/c1-30-12-14-31(15-13-30)17-25(32)27-20-8-10-21-19(16-20)7-11-24(28-21)29-22-9-6-18-4-3-5-23(33-2)26(18)22/h3-5,7-8,10-11,16,22H,6,9,12-15,17H2,1-2H3,(H,27,32)(H,28,29). The molecule has 2 heterocycles. The largest absolute Gasteiger partial charge is 0.496 e. The number of nitrogens with one attached hydrogen (secondary N) is 2. The summed E-state index contributed by atoms with van der Waals surface area (Å²) in [6, 6.07) is 16.4. The molecule has 7 nitrogen and oxygen atoms in total. The zero-order chi connectivity index (χ0) is 22.8. The summed E-state index contributed by atoms with van der Waals surface area (Å²) in [5, 5.41) is 7.63. The number of likely N-dealkylation sites (N-methyl/N-ethyl adjacent to an activating group) is 1. The normalized spacial score (nSPS) is 18.8. The molecule has 2 N–H and O–H groups in total. The fraction of sp³-hybridized carbons (Fsp3) is 0.385. The van der Waals surface area contributed by atoms with E-state index in [0.717, 1.165) is 67.2 Å². The minimum Gasteiger partial charge on any atom is -0.496 e. The molecule has 1 amide bonds. The van der Waals surface area contributed by atoms with E-state index in [9.17, 15) is 4.79 Å². The van der Waals surface area contributed by atoms with Gasteiger partial charge >= 0.3 is 0 Å². The molecule has 33 heavy (non-hydrogen) atoms. The number of rotatable bonds is 6. The van der Waals surface area contributed by atoms with E-state index in [0.29, 0.717) is 6.54 Å². The summed E-state index contributed by atoms with van der Waals surface area (Å²) in [6.07, 6.45) is 2.06. The van der Waals surface area contributed by atoms with Crippen molar-refractivity contribution in [2.24, 2.45) is 0 Å². The average molecular weight is 446 g/mol. The van der Waals surface area contributed by atoms with Gasteiger partial charge in [-0.05, 0) is 61.9 Å². The number of carbonyl (C=O) groups excluding carboxylic acids is 1. The fourth-order valence-electron chi connectivity index (χ4n) is 4.84. The third kappa shape index (κ3) is 4.79. The van der Waals surface area contributed by atoms with Crippen LogP contribution in [0, 0.1) is 0 Å². The summed E-state index contributed by atoms with van der Waals surface area (Å²) >= 11 is 0. The Morgan fingerprint density at radius 2 is 1.97 bits per heavy atom. The van der Waals surface area contributed by atoms with Crippen LogP contribution in [0.2, 0.25) is 0 Å². The highest BCUT2D eigenvalue weighted by Crippen LogP contribution is 2.39. The Kier molecular flexibility index (Phi) is 6.15. The molecule has 1 saturated heterocycles. The first-order valence-electron chi connectivity index (χ1n) is 11.6. The number of hydrogen-bond donors (Lipinski definition) is 2. The van der Waals surface area contributed by atoms with Gasteiger partial charge in [0.05, 0.1) is 25.2 Å². The third-order valence-corrected chi connectivity index (χ3v) is 6.69. The van der Waals surface area contributed by atoms with Crippen molar-refractivity contribution in [3.05, 3.63) is 59.7 Å². The number of nitrogens with zero attached hydrogens (tertiary/aromatic N) is 3. The van der Waals surface area contributed by atoms with Gasteiger partial charge in [-0.1, -0.05) is 12.1 Å². The molecule has 7 heteroatoms. The molecule has 3 aromatic rings. The van der Waals surface area contributed by atoms with Crippen LogP contribution >= 0.6 is 0 Å². The Morgan fingerprint density at radius 1 is 1.12 bits per heavy atom. The monoisotopic (exact) mass is 445 g/mol. The van der Waals surface area contributed by atoms with Gasteiger partial charge in [-0.2, -0.15) is 0 Å². The van der Waals surface area contributed by atoms with Crippen LogP contribution in [0.1, 0.15) is 23.6 Å². The lowest BCUT2D eigenvalue weighted by Gasteiger charge is -2.31. The van der Waals surface area contributed by atoms with Crippen molar-refractivity contribution in [2.75, 3.05) is 57.5 Å². The number of benzene rings is 2.